The van der Waals surface area contributed by atoms with Crippen molar-refractivity contribution >= 4 is 27.8 Å². The first kappa shape index (κ1) is 28.6. The van der Waals surface area contributed by atoms with Crippen LogP contribution in [0.25, 0.3) is 0 Å². The molecule has 2 amide bonds. The smallest absolute Gasteiger partial charge is 0.408 e. The van der Waals surface area contributed by atoms with E-state index in [4.69, 9.17) is 9.47 Å². The summed E-state index contributed by atoms with van der Waals surface area (Å²) in [5.74, 6) is -1.26. The van der Waals surface area contributed by atoms with E-state index < -0.39 is 45.5 Å². The number of nitrogens with one attached hydrogen (secondary N) is 2. The van der Waals surface area contributed by atoms with Crippen molar-refractivity contribution in [1.29, 1.82) is 0 Å². The SMILES string of the molecule is C[C@H](NC(=O)OCc1ccccc1)C(=O)N[C@H](/C=C/S(=O)(=O)c1ccccc1)CC(=O)OC(C)(C)C. The molecule has 0 aliphatic rings. The van der Waals surface area contributed by atoms with Gasteiger partial charge in [0.15, 0.2) is 9.84 Å². The quantitative estimate of drug-likeness (QED) is 0.463. The molecule has 0 radical (unpaired) electrons. The van der Waals surface area contributed by atoms with E-state index in [-0.39, 0.29) is 17.9 Å². The Hall–Kier alpha value is -3.66. The third-order valence-corrected chi connectivity index (χ3v) is 6.08. The second-order valence-electron chi connectivity index (χ2n) is 9.02. The summed E-state index contributed by atoms with van der Waals surface area (Å²) in [4.78, 5) is 37.2. The van der Waals surface area contributed by atoms with Gasteiger partial charge >= 0.3 is 12.1 Å². The fraction of sp³-hybridized carbons (Fsp3) is 0.346. The third kappa shape index (κ3) is 10.3. The van der Waals surface area contributed by atoms with E-state index in [1.807, 2.05) is 18.2 Å². The molecule has 0 saturated carbocycles. The second-order valence-corrected chi connectivity index (χ2v) is 10.9. The molecule has 0 aromatic heterocycles. The lowest BCUT2D eigenvalue weighted by Crippen LogP contribution is -2.48. The van der Waals surface area contributed by atoms with Gasteiger partial charge in [-0.2, -0.15) is 0 Å². The lowest BCUT2D eigenvalue weighted by molar-refractivity contribution is -0.155. The maximum Gasteiger partial charge on any atom is 0.408 e. The first-order valence-electron chi connectivity index (χ1n) is 11.3. The molecule has 36 heavy (non-hydrogen) atoms. The predicted octanol–water partition coefficient (Wildman–Crippen LogP) is 3.51. The van der Waals surface area contributed by atoms with Crippen molar-refractivity contribution in [2.24, 2.45) is 0 Å². The van der Waals surface area contributed by atoms with E-state index in [1.54, 1.807) is 51.1 Å². The summed E-state index contributed by atoms with van der Waals surface area (Å²) in [6.45, 7) is 6.56. The first-order chi connectivity index (χ1) is 16.9. The lowest BCUT2D eigenvalue weighted by atomic mass is 10.1. The molecule has 0 heterocycles. The Morgan fingerprint density at radius 2 is 1.53 bits per heavy atom. The van der Waals surface area contributed by atoms with Crippen LogP contribution < -0.4 is 10.6 Å². The van der Waals surface area contributed by atoms with Crippen molar-refractivity contribution in [2.45, 2.75) is 63.3 Å². The number of hydrogen-bond acceptors (Lipinski definition) is 7. The molecule has 9 nitrogen and oxygen atoms in total. The number of amides is 2. The Bertz CT molecular complexity index is 1160. The average molecular weight is 517 g/mol. The Balaban J connectivity index is 2.06. The first-order valence-corrected chi connectivity index (χ1v) is 12.9. The lowest BCUT2D eigenvalue weighted by Gasteiger charge is -2.22. The molecular weight excluding hydrogens is 484 g/mol. The molecule has 0 saturated heterocycles. The molecule has 0 unspecified atom stereocenters. The Kier molecular flexibility index (Phi) is 10.2. The van der Waals surface area contributed by atoms with Crippen LogP contribution in [0, 0.1) is 0 Å². The zero-order chi connectivity index (χ0) is 26.8. The normalized spacial score (nSPS) is 13.4. The number of alkyl carbamates (subject to hydrolysis) is 1. The summed E-state index contributed by atoms with van der Waals surface area (Å²) in [6.07, 6.45) is 0.104. The minimum Gasteiger partial charge on any atom is -0.460 e. The van der Waals surface area contributed by atoms with E-state index in [9.17, 15) is 22.8 Å². The summed E-state index contributed by atoms with van der Waals surface area (Å²) >= 11 is 0. The highest BCUT2D eigenvalue weighted by Gasteiger charge is 2.24. The molecule has 0 aliphatic carbocycles. The molecule has 0 fully saturated rings. The fourth-order valence-electron chi connectivity index (χ4n) is 2.93. The maximum atomic E-state index is 12.7. The van der Waals surface area contributed by atoms with Gasteiger partial charge in [-0.15, -0.1) is 0 Å². The molecule has 2 atom stereocenters. The summed E-state index contributed by atoms with van der Waals surface area (Å²) in [6, 6.07) is 14.8. The number of sulfone groups is 1. The minimum atomic E-state index is -3.81. The fourth-order valence-corrected chi connectivity index (χ4v) is 4.02. The Morgan fingerprint density at radius 3 is 2.11 bits per heavy atom. The van der Waals surface area contributed by atoms with Gasteiger partial charge in [0.2, 0.25) is 5.91 Å². The third-order valence-electron chi connectivity index (χ3n) is 4.64. The summed E-state index contributed by atoms with van der Waals surface area (Å²) in [5.41, 5.74) is 0.0231. The number of benzene rings is 2. The van der Waals surface area contributed by atoms with Crippen molar-refractivity contribution < 1.29 is 32.3 Å². The minimum absolute atomic E-state index is 0.0301. The number of ether oxygens (including phenoxy) is 2. The van der Waals surface area contributed by atoms with Crippen molar-refractivity contribution in [3.8, 4) is 0 Å². The van der Waals surface area contributed by atoms with Crippen molar-refractivity contribution in [3.05, 3.63) is 77.7 Å². The maximum absolute atomic E-state index is 12.7. The van der Waals surface area contributed by atoms with Crippen LogP contribution in [-0.2, 0) is 35.5 Å². The van der Waals surface area contributed by atoms with Gasteiger partial charge in [-0.1, -0.05) is 48.5 Å². The van der Waals surface area contributed by atoms with Crippen LogP contribution in [0.1, 0.15) is 39.7 Å². The van der Waals surface area contributed by atoms with Gasteiger partial charge in [0.05, 0.1) is 17.4 Å². The van der Waals surface area contributed by atoms with Crippen LogP contribution >= 0.6 is 0 Å². The molecule has 0 aliphatic heterocycles. The van der Waals surface area contributed by atoms with Crippen molar-refractivity contribution in [1.82, 2.24) is 10.6 Å². The molecular formula is C26H32N2O7S. The van der Waals surface area contributed by atoms with Crippen molar-refractivity contribution in [2.75, 3.05) is 0 Å². The molecule has 0 spiro atoms. The standard InChI is InChI=1S/C26H32N2O7S/c1-19(27-25(31)34-18-20-11-7-5-8-12-20)24(30)28-21(17-23(29)35-26(2,3)4)15-16-36(32,33)22-13-9-6-10-14-22/h5-16,19,21H,17-18H2,1-4H3,(H,27,31)(H,28,30)/b16-15+/t19-,21+/m0/s1. The zero-order valence-corrected chi connectivity index (χ0v) is 21.6. The van der Waals surface area contributed by atoms with E-state index in [0.717, 1.165) is 11.0 Å². The predicted molar refractivity (Wildman–Crippen MR) is 134 cm³/mol. The molecule has 2 rings (SSSR count). The van der Waals surface area contributed by atoms with Gasteiger partial charge in [-0.3, -0.25) is 9.59 Å². The van der Waals surface area contributed by atoms with Crippen LogP contribution in [0.5, 0.6) is 0 Å². The van der Waals surface area contributed by atoms with E-state index >= 15 is 0 Å². The molecule has 10 heteroatoms. The van der Waals surface area contributed by atoms with Crippen LogP contribution in [0.3, 0.4) is 0 Å². The molecule has 2 N–H and O–H groups in total. The monoisotopic (exact) mass is 516 g/mol. The van der Waals surface area contributed by atoms with Crippen molar-refractivity contribution in [3.63, 3.8) is 0 Å². The Morgan fingerprint density at radius 1 is 0.944 bits per heavy atom. The van der Waals surface area contributed by atoms with Gasteiger partial charge in [0.1, 0.15) is 18.2 Å². The molecule has 2 aromatic carbocycles. The number of carbonyl (C=O) groups excluding carboxylic acids is 3. The topological polar surface area (TPSA) is 128 Å². The highest BCUT2D eigenvalue weighted by Crippen LogP contribution is 2.14. The largest absolute Gasteiger partial charge is 0.460 e. The summed E-state index contributed by atoms with van der Waals surface area (Å²) in [5, 5.41) is 5.92. The van der Waals surface area contributed by atoms with E-state index in [0.29, 0.717) is 0 Å². The molecule has 2 aromatic rings. The van der Waals surface area contributed by atoms with Crippen LogP contribution in [0.4, 0.5) is 4.79 Å². The average Bonchev–Trinajstić information content (AvgIpc) is 2.81. The van der Waals surface area contributed by atoms with Gasteiger partial charge < -0.3 is 20.1 Å². The highest BCUT2D eigenvalue weighted by molar-refractivity contribution is 7.94. The number of carbonyl (C=O) groups is 3. The second kappa shape index (κ2) is 12.9. The summed E-state index contributed by atoms with van der Waals surface area (Å²) in [7, 11) is -3.81. The van der Waals surface area contributed by atoms with Crippen LogP contribution in [-0.4, -0.2) is 44.1 Å². The van der Waals surface area contributed by atoms with Gasteiger partial charge in [-0.05, 0) is 51.5 Å². The number of esters is 1. The number of hydrogen-bond donors (Lipinski definition) is 2. The molecule has 194 valence electrons. The van der Waals surface area contributed by atoms with Crippen LogP contribution in [0.2, 0.25) is 0 Å². The summed E-state index contributed by atoms with van der Waals surface area (Å²) < 4.78 is 35.7. The number of rotatable bonds is 10. The highest BCUT2D eigenvalue weighted by atomic mass is 32.2. The van der Waals surface area contributed by atoms with E-state index in [1.165, 1.54) is 25.1 Å². The van der Waals surface area contributed by atoms with Gasteiger partial charge in [0, 0.05) is 5.41 Å². The van der Waals surface area contributed by atoms with Crippen LogP contribution in [0.15, 0.2) is 77.0 Å². The Labute approximate surface area is 211 Å². The zero-order valence-electron chi connectivity index (χ0n) is 20.8. The van der Waals surface area contributed by atoms with Gasteiger partial charge in [-0.25, -0.2) is 13.2 Å². The van der Waals surface area contributed by atoms with E-state index in [2.05, 4.69) is 10.6 Å². The van der Waals surface area contributed by atoms with Gasteiger partial charge in [0.25, 0.3) is 0 Å². The molecule has 0 bridgehead atoms.